The number of rotatable bonds is 4. The maximum absolute atomic E-state index is 12.6. The first kappa shape index (κ1) is 20.3. The second-order valence-electron chi connectivity index (χ2n) is 8.23. The molecule has 4 heterocycles. The van der Waals surface area contributed by atoms with Crippen LogP contribution in [0.5, 0.6) is 5.75 Å². The third-order valence-corrected chi connectivity index (χ3v) is 6.29. The predicted molar refractivity (Wildman–Crippen MR) is 120 cm³/mol. The van der Waals surface area contributed by atoms with Crippen LogP contribution in [-0.2, 0) is 13.6 Å². The Morgan fingerprint density at radius 3 is 2.59 bits per heavy atom. The number of benzene rings is 1. The molecule has 1 aromatic carbocycles. The molecule has 0 radical (unpaired) electrons. The highest BCUT2D eigenvalue weighted by Gasteiger charge is 2.25. The van der Waals surface area contributed by atoms with Crippen molar-refractivity contribution in [1.29, 1.82) is 0 Å². The minimum Gasteiger partial charge on any atom is -0.449 e. The molecule has 0 amide bonds. The van der Waals surface area contributed by atoms with Crippen LogP contribution in [0.3, 0.4) is 0 Å². The van der Waals surface area contributed by atoms with Gasteiger partial charge in [-0.15, -0.1) is 0 Å². The van der Waals surface area contributed by atoms with E-state index in [1.807, 2.05) is 30.3 Å². The van der Waals surface area contributed by atoms with Crippen molar-refractivity contribution in [3.63, 3.8) is 0 Å². The summed E-state index contributed by atoms with van der Waals surface area (Å²) in [5.41, 5.74) is 3.32. The lowest BCUT2D eigenvalue weighted by molar-refractivity contribution is 0.143. The van der Waals surface area contributed by atoms with Crippen LogP contribution >= 0.6 is 0 Å². The summed E-state index contributed by atoms with van der Waals surface area (Å²) in [7, 11) is 2.08. The summed E-state index contributed by atoms with van der Waals surface area (Å²) in [4.78, 5) is 30.8. The fourth-order valence-electron chi connectivity index (χ4n) is 4.71. The Hall–Kier alpha value is -3.65. The molecule has 0 atom stereocenters. The second kappa shape index (κ2) is 8.12. The van der Waals surface area contributed by atoms with Crippen LogP contribution in [0.4, 0.5) is 4.79 Å². The molecule has 1 N–H and O–H groups in total. The fraction of sp³-hybridized carbons (Fsp3) is 0.292. The summed E-state index contributed by atoms with van der Waals surface area (Å²) >= 11 is 0. The lowest BCUT2D eigenvalue weighted by Crippen LogP contribution is -2.33. The molecule has 0 spiro atoms. The van der Waals surface area contributed by atoms with Gasteiger partial charge in [-0.25, -0.2) is 9.78 Å². The number of carbonyl (C=O) groups is 1. The monoisotopic (exact) mass is 432 g/mol. The first-order valence-electron chi connectivity index (χ1n) is 10.7. The van der Waals surface area contributed by atoms with Gasteiger partial charge in [-0.1, -0.05) is 18.2 Å². The molecule has 0 aliphatic carbocycles. The minimum absolute atomic E-state index is 0.175. The Labute approximate surface area is 184 Å². The van der Waals surface area contributed by atoms with Gasteiger partial charge in [0.25, 0.3) is 5.56 Å². The smallest absolute Gasteiger partial charge is 0.449 e. The molecule has 1 aliphatic heterocycles. The van der Waals surface area contributed by atoms with Crippen LogP contribution in [0.1, 0.15) is 30.1 Å². The third-order valence-electron chi connectivity index (χ3n) is 6.29. The van der Waals surface area contributed by atoms with Crippen LogP contribution in [0.15, 0.2) is 59.5 Å². The van der Waals surface area contributed by atoms with Crippen LogP contribution < -0.4 is 10.3 Å². The predicted octanol–water partition coefficient (Wildman–Crippen LogP) is 3.62. The van der Waals surface area contributed by atoms with Gasteiger partial charge in [0.05, 0.1) is 16.6 Å². The number of hydrogen-bond acceptors (Lipinski definition) is 5. The molecular formula is C24H24N4O4. The average molecular weight is 432 g/mol. The number of pyridine rings is 2. The number of fused-ring (bicyclic) bond motifs is 2. The first-order valence-corrected chi connectivity index (χ1v) is 10.7. The first-order chi connectivity index (χ1) is 15.5. The van der Waals surface area contributed by atoms with Gasteiger partial charge in [-0.2, -0.15) is 0 Å². The van der Waals surface area contributed by atoms with Gasteiger partial charge < -0.3 is 14.4 Å². The van der Waals surface area contributed by atoms with E-state index in [9.17, 15) is 9.59 Å². The molecule has 1 saturated heterocycles. The van der Waals surface area contributed by atoms with Crippen molar-refractivity contribution < 1.29 is 14.6 Å². The van der Waals surface area contributed by atoms with Gasteiger partial charge in [0.2, 0.25) is 0 Å². The molecular weight excluding hydrogens is 408 g/mol. The number of para-hydroxylation sites is 2. The Bertz CT molecular complexity index is 1370. The van der Waals surface area contributed by atoms with E-state index in [2.05, 4.69) is 22.6 Å². The molecule has 1 fully saturated rings. The molecule has 1 aliphatic rings. The van der Waals surface area contributed by atoms with Crippen LogP contribution in [0, 0.1) is 0 Å². The zero-order valence-corrected chi connectivity index (χ0v) is 17.8. The average Bonchev–Trinajstić information content (AvgIpc) is 3.14. The standard InChI is InChI=1S/C24H24N4O4/c1-26-20-8-3-2-6-18(20)25-22(26)16-9-12-27(13-10-16)15-17-14-21(32-24(30)31)23(29)28-11-5-4-7-19(17)28/h2-8,11,14,16H,9-10,12-13,15H2,1H3,(H,30,31). The van der Waals surface area contributed by atoms with E-state index in [0.29, 0.717) is 12.5 Å². The Kier molecular flexibility index (Phi) is 5.14. The number of hydrogen-bond donors (Lipinski definition) is 1. The van der Waals surface area contributed by atoms with Gasteiger partial charge >= 0.3 is 6.16 Å². The van der Waals surface area contributed by atoms with Crippen molar-refractivity contribution in [3.05, 3.63) is 76.5 Å². The number of carboxylic acid groups (broad SMARTS) is 1. The lowest BCUT2D eigenvalue weighted by Gasteiger charge is -2.32. The van der Waals surface area contributed by atoms with E-state index in [1.54, 1.807) is 18.3 Å². The van der Waals surface area contributed by atoms with Gasteiger partial charge in [-0.05, 0) is 61.8 Å². The van der Waals surface area contributed by atoms with Gasteiger partial charge in [0.15, 0.2) is 5.75 Å². The third kappa shape index (κ3) is 3.62. The number of aromatic nitrogens is 3. The molecule has 5 rings (SSSR count). The summed E-state index contributed by atoms with van der Waals surface area (Å²) < 4.78 is 8.39. The van der Waals surface area contributed by atoms with E-state index in [1.165, 1.54) is 4.40 Å². The maximum Gasteiger partial charge on any atom is 0.511 e. The fourth-order valence-corrected chi connectivity index (χ4v) is 4.71. The zero-order chi connectivity index (χ0) is 22.2. The summed E-state index contributed by atoms with van der Waals surface area (Å²) in [6.07, 6.45) is 2.11. The van der Waals surface area contributed by atoms with E-state index < -0.39 is 11.7 Å². The summed E-state index contributed by atoms with van der Waals surface area (Å²) in [5.74, 6) is 1.34. The molecule has 0 saturated carbocycles. The highest BCUT2D eigenvalue weighted by molar-refractivity contribution is 5.75. The number of nitrogens with zero attached hydrogens (tertiary/aromatic N) is 4. The van der Waals surface area contributed by atoms with Crippen molar-refractivity contribution in [2.24, 2.45) is 7.05 Å². The Balaban J connectivity index is 1.37. The van der Waals surface area contributed by atoms with Crippen LogP contribution in [-0.4, -0.2) is 43.2 Å². The zero-order valence-electron chi connectivity index (χ0n) is 17.8. The number of aryl methyl sites for hydroxylation is 1. The molecule has 4 aromatic rings. The molecule has 0 unspecified atom stereocenters. The minimum atomic E-state index is -1.49. The quantitative estimate of drug-likeness (QED) is 0.496. The molecule has 32 heavy (non-hydrogen) atoms. The van der Waals surface area contributed by atoms with Crippen LogP contribution in [0.2, 0.25) is 0 Å². The topological polar surface area (TPSA) is 89.1 Å². The van der Waals surface area contributed by atoms with Gasteiger partial charge in [0, 0.05) is 25.7 Å². The normalized spacial score (nSPS) is 15.4. The van der Waals surface area contributed by atoms with E-state index in [4.69, 9.17) is 14.8 Å². The molecule has 8 nitrogen and oxygen atoms in total. The summed E-state index contributed by atoms with van der Waals surface area (Å²) in [5, 5.41) is 9.00. The SMILES string of the molecule is Cn1c(C2CCN(Cc3cc(OC(=O)O)c(=O)n4ccccc34)CC2)nc2ccccc21. The van der Waals surface area contributed by atoms with Crippen molar-refractivity contribution >= 4 is 22.7 Å². The number of piperidine rings is 1. The maximum atomic E-state index is 12.6. The summed E-state index contributed by atoms with van der Waals surface area (Å²) in [6.45, 7) is 2.39. The Morgan fingerprint density at radius 1 is 1.12 bits per heavy atom. The van der Waals surface area contributed by atoms with Crippen LogP contribution in [0.25, 0.3) is 16.6 Å². The highest BCUT2D eigenvalue weighted by Crippen LogP contribution is 2.30. The molecule has 3 aromatic heterocycles. The van der Waals surface area contributed by atoms with Crippen molar-refractivity contribution in [2.45, 2.75) is 25.3 Å². The van der Waals surface area contributed by atoms with Crippen molar-refractivity contribution in [3.8, 4) is 5.75 Å². The largest absolute Gasteiger partial charge is 0.511 e. The molecule has 8 heteroatoms. The Morgan fingerprint density at radius 2 is 1.84 bits per heavy atom. The van der Waals surface area contributed by atoms with E-state index in [0.717, 1.165) is 53.9 Å². The van der Waals surface area contributed by atoms with Crippen molar-refractivity contribution in [1.82, 2.24) is 18.9 Å². The van der Waals surface area contributed by atoms with E-state index in [-0.39, 0.29) is 5.75 Å². The van der Waals surface area contributed by atoms with Gasteiger partial charge in [-0.3, -0.25) is 14.1 Å². The highest BCUT2D eigenvalue weighted by atomic mass is 16.7. The second-order valence-corrected chi connectivity index (χ2v) is 8.23. The van der Waals surface area contributed by atoms with Crippen molar-refractivity contribution in [2.75, 3.05) is 13.1 Å². The van der Waals surface area contributed by atoms with E-state index >= 15 is 0 Å². The lowest BCUT2D eigenvalue weighted by atomic mass is 9.95. The molecule has 0 bridgehead atoms. The molecule has 164 valence electrons. The number of imidazole rings is 1. The van der Waals surface area contributed by atoms with Gasteiger partial charge in [0.1, 0.15) is 5.82 Å². The number of likely N-dealkylation sites (tertiary alicyclic amines) is 1. The number of ether oxygens (including phenoxy) is 1. The summed E-state index contributed by atoms with van der Waals surface area (Å²) in [6, 6.07) is 15.2.